The maximum atomic E-state index is 11.8. The molecule has 3 N–H and O–H groups in total. The lowest BCUT2D eigenvalue weighted by Crippen LogP contribution is -2.30. The average Bonchev–Trinajstić information content (AvgIpc) is 2.82. The van der Waals surface area contributed by atoms with Gasteiger partial charge >= 0.3 is 0 Å². The van der Waals surface area contributed by atoms with E-state index in [1.54, 1.807) is 0 Å². The smallest absolute Gasteiger partial charge is 0.277 e. The van der Waals surface area contributed by atoms with Crippen LogP contribution >= 0.6 is 11.3 Å². The standard InChI is InChI=1S/C14H17N3OS/c1-3-5-11-12(13(18)17-15)19-14(16-11)10-7-4-6-9(2)8-10/h4,6-8H,3,5,15H2,1-2H3,(H,17,18). The minimum atomic E-state index is -0.264. The van der Waals surface area contributed by atoms with E-state index < -0.39 is 0 Å². The lowest BCUT2D eigenvalue weighted by Gasteiger charge is -1.97. The third kappa shape index (κ3) is 3.00. The molecule has 1 aromatic carbocycles. The number of rotatable bonds is 4. The predicted molar refractivity (Wildman–Crippen MR) is 77.9 cm³/mol. The van der Waals surface area contributed by atoms with Crippen molar-refractivity contribution < 1.29 is 4.79 Å². The van der Waals surface area contributed by atoms with Crippen molar-refractivity contribution in [3.05, 3.63) is 40.4 Å². The van der Waals surface area contributed by atoms with Crippen LogP contribution in [0.4, 0.5) is 0 Å². The Hall–Kier alpha value is -1.72. The van der Waals surface area contributed by atoms with Crippen LogP contribution in [0.1, 0.15) is 34.3 Å². The lowest BCUT2D eigenvalue weighted by atomic mass is 10.1. The number of hydrogen-bond acceptors (Lipinski definition) is 4. The summed E-state index contributed by atoms with van der Waals surface area (Å²) in [6.45, 7) is 4.10. The van der Waals surface area contributed by atoms with Crippen LogP contribution in [0, 0.1) is 6.92 Å². The van der Waals surface area contributed by atoms with E-state index >= 15 is 0 Å². The van der Waals surface area contributed by atoms with Crippen LogP contribution in [0.3, 0.4) is 0 Å². The van der Waals surface area contributed by atoms with Gasteiger partial charge in [0.2, 0.25) is 0 Å². The molecule has 0 aliphatic carbocycles. The molecule has 2 aromatic rings. The zero-order valence-corrected chi connectivity index (χ0v) is 11.9. The van der Waals surface area contributed by atoms with Crippen molar-refractivity contribution in [2.75, 3.05) is 0 Å². The fourth-order valence-electron chi connectivity index (χ4n) is 1.90. The number of benzene rings is 1. The molecule has 1 aromatic heterocycles. The largest absolute Gasteiger partial charge is 0.289 e. The Kier molecular flexibility index (Phi) is 4.29. The van der Waals surface area contributed by atoms with Crippen molar-refractivity contribution in [1.29, 1.82) is 0 Å². The first-order valence-corrected chi connectivity index (χ1v) is 7.05. The van der Waals surface area contributed by atoms with Crippen LogP contribution in [-0.2, 0) is 6.42 Å². The summed E-state index contributed by atoms with van der Waals surface area (Å²) in [6, 6.07) is 8.11. The molecule has 1 heterocycles. The van der Waals surface area contributed by atoms with E-state index in [0.29, 0.717) is 4.88 Å². The monoisotopic (exact) mass is 275 g/mol. The van der Waals surface area contributed by atoms with Crippen LogP contribution in [0.5, 0.6) is 0 Å². The van der Waals surface area contributed by atoms with Gasteiger partial charge in [-0.3, -0.25) is 10.2 Å². The Balaban J connectivity index is 2.45. The summed E-state index contributed by atoms with van der Waals surface area (Å²) in [5.74, 6) is 4.96. The summed E-state index contributed by atoms with van der Waals surface area (Å²) in [4.78, 5) is 16.9. The van der Waals surface area contributed by atoms with Gasteiger partial charge in [0.05, 0.1) is 5.69 Å². The molecule has 1 amide bonds. The number of aryl methyl sites for hydroxylation is 2. The molecule has 4 nitrogen and oxygen atoms in total. The van der Waals surface area contributed by atoms with Crippen LogP contribution in [0.25, 0.3) is 10.6 Å². The molecule has 0 fully saturated rings. The number of nitrogen functional groups attached to an aromatic ring is 1. The van der Waals surface area contributed by atoms with E-state index in [2.05, 4.69) is 23.4 Å². The van der Waals surface area contributed by atoms with Crippen LogP contribution in [0.15, 0.2) is 24.3 Å². The van der Waals surface area contributed by atoms with Gasteiger partial charge in [0.15, 0.2) is 0 Å². The molecule has 5 heteroatoms. The molecular weight excluding hydrogens is 258 g/mol. The van der Waals surface area contributed by atoms with Gasteiger partial charge in [-0.25, -0.2) is 10.8 Å². The first kappa shape index (κ1) is 13.7. The topological polar surface area (TPSA) is 68.0 Å². The minimum absolute atomic E-state index is 0.264. The second-order valence-corrected chi connectivity index (χ2v) is 5.39. The number of hydrazine groups is 1. The molecule has 0 aliphatic heterocycles. The van der Waals surface area contributed by atoms with Gasteiger partial charge in [0.25, 0.3) is 5.91 Å². The van der Waals surface area contributed by atoms with E-state index in [1.807, 2.05) is 25.1 Å². The number of nitrogens with zero attached hydrogens (tertiary/aromatic N) is 1. The molecule has 100 valence electrons. The highest BCUT2D eigenvalue weighted by Gasteiger charge is 2.17. The molecule has 0 saturated carbocycles. The van der Waals surface area contributed by atoms with Gasteiger partial charge in [0.1, 0.15) is 9.88 Å². The normalized spacial score (nSPS) is 10.5. The summed E-state index contributed by atoms with van der Waals surface area (Å²) < 4.78 is 0. The van der Waals surface area contributed by atoms with Crippen molar-refractivity contribution in [3.8, 4) is 10.6 Å². The molecule has 0 atom stereocenters. The fraction of sp³-hybridized carbons (Fsp3) is 0.286. The van der Waals surface area contributed by atoms with Gasteiger partial charge < -0.3 is 0 Å². The van der Waals surface area contributed by atoms with E-state index in [-0.39, 0.29) is 5.91 Å². The molecule has 2 rings (SSSR count). The number of carbonyl (C=O) groups excluding carboxylic acids is 1. The Morgan fingerprint density at radius 2 is 2.26 bits per heavy atom. The summed E-state index contributed by atoms with van der Waals surface area (Å²) >= 11 is 1.39. The van der Waals surface area contributed by atoms with E-state index in [9.17, 15) is 4.79 Å². The maximum absolute atomic E-state index is 11.8. The summed E-state index contributed by atoms with van der Waals surface area (Å²) in [5.41, 5.74) is 5.23. The Morgan fingerprint density at radius 3 is 2.89 bits per heavy atom. The van der Waals surface area contributed by atoms with Gasteiger partial charge in [-0.1, -0.05) is 37.1 Å². The zero-order valence-electron chi connectivity index (χ0n) is 11.1. The second-order valence-electron chi connectivity index (χ2n) is 4.39. The molecule has 0 radical (unpaired) electrons. The van der Waals surface area contributed by atoms with Crippen LogP contribution < -0.4 is 11.3 Å². The molecule has 0 aliphatic rings. The second kappa shape index (κ2) is 5.95. The highest BCUT2D eigenvalue weighted by Crippen LogP contribution is 2.29. The van der Waals surface area contributed by atoms with Crippen molar-refractivity contribution >= 4 is 17.2 Å². The molecule has 0 spiro atoms. The quantitative estimate of drug-likeness (QED) is 0.512. The Labute approximate surface area is 116 Å². The number of nitrogens with two attached hydrogens (primary N) is 1. The number of hydrogen-bond donors (Lipinski definition) is 2. The fourth-order valence-corrected chi connectivity index (χ4v) is 2.91. The average molecular weight is 275 g/mol. The minimum Gasteiger partial charge on any atom is -0.289 e. The highest BCUT2D eigenvalue weighted by atomic mass is 32.1. The van der Waals surface area contributed by atoms with Crippen LogP contribution in [-0.4, -0.2) is 10.9 Å². The maximum Gasteiger partial charge on any atom is 0.277 e. The van der Waals surface area contributed by atoms with Gasteiger partial charge in [-0.05, 0) is 19.4 Å². The molecular formula is C14H17N3OS. The summed E-state index contributed by atoms with van der Waals surface area (Å²) in [5, 5.41) is 0.866. The summed E-state index contributed by atoms with van der Waals surface area (Å²) in [7, 11) is 0. The third-order valence-electron chi connectivity index (χ3n) is 2.79. The van der Waals surface area contributed by atoms with Crippen molar-refractivity contribution in [1.82, 2.24) is 10.4 Å². The first-order valence-electron chi connectivity index (χ1n) is 6.23. The van der Waals surface area contributed by atoms with Gasteiger partial charge in [0, 0.05) is 5.56 Å². The number of carbonyl (C=O) groups is 1. The van der Waals surface area contributed by atoms with Crippen molar-refractivity contribution in [2.24, 2.45) is 5.84 Å². The number of amides is 1. The highest BCUT2D eigenvalue weighted by molar-refractivity contribution is 7.17. The number of aromatic nitrogens is 1. The molecule has 0 bridgehead atoms. The van der Waals surface area contributed by atoms with Gasteiger partial charge in [-0.15, -0.1) is 11.3 Å². The Bertz CT molecular complexity index is 592. The van der Waals surface area contributed by atoms with E-state index in [4.69, 9.17) is 5.84 Å². The van der Waals surface area contributed by atoms with Crippen LogP contribution in [0.2, 0.25) is 0 Å². The summed E-state index contributed by atoms with van der Waals surface area (Å²) in [6.07, 6.45) is 1.73. The lowest BCUT2D eigenvalue weighted by molar-refractivity contribution is 0.0956. The zero-order chi connectivity index (χ0) is 13.8. The van der Waals surface area contributed by atoms with Gasteiger partial charge in [-0.2, -0.15) is 0 Å². The Morgan fingerprint density at radius 1 is 1.47 bits per heavy atom. The third-order valence-corrected chi connectivity index (χ3v) is 3.93. The van der Waals surface area contributed by atoms with Crippen molar-refractivity contribution in [3.63, 3.8) is 0 Å². The first-order chi connectivity index (χ1) is 9.15. The predicted octanol–water partition coefficient (Wildman–Crippen LogP) is 2.67. The van der Waals surface area contributed by atoms with E-state index in [0.717, 1.165) is 29.1 Å². The molecule has 19 heavy (non-hydrogen) atoms. The van der Waals surface area contributed by atoms with E-state index in [1.165, 1.54) is 16.9 Å². The number of thiazole rings is 1. The number of nitrogens with one attached hydrogen (secondary N) is 1. The molecule has 0 saturated heterocycles. The SMILES string of the molecule is CCCc1nc(-c2cccc(C)c2)sc1C(=O)NN. The molecule has 0 unspecified atom stereocenters. The van der Waals surface area contributed by atoms with Crippen molar-refractivity contribution in [2.45, 2.75) is 26.7 Å².